The summed E-state index contributed by atoms with van der Waals surface area (Å²) in [5, 5.41) is 2.57. The maximum absolute atomic E-state index is 13.8. The van der Waals surface area contributed by atoms with Gasteiger partial charge in [0.15, 0.2) is 0 Å². The second-order valence-electron chi connectivity index (χ2n) is 4.30. The standard InChI is InChI=1S/C16H9Cl2F/c17-11-7-10(8-12(18)9-11)13-5-6-16(19)15-4-2-1-3-14(13)15/h1-9H. The van der Waals surface area contributed by atoms with E-state index in [0.29, 0.717) is 15.4 Å². The second kappa shape index (κ2) is 4.84. The predicted molar refractivity (Wildman–Crippen MR) is 79.4 cm³/mol. The molecule has 0 unspecified atom stereocenters. The topological polar surface area (TPSA) is 0 Å². The Morgan fingerprint density at radius 1 is 0.737 bits per heavy atom. The van der Waals surface area contributed by atoms with Crippen LogP contribution in [-0.2, 0) is 0 Å². The highest BCUT2D eigenvalue weighted by molar-refractivity contribution is 6.35. The summed E-state index contributed by atoms with van der Waals surface area (Å²) in [6.45, 7) is 0. The van der Waals surface area contributed by atoms with Crippen molar-refractivity contribution in [2.45, 2.75) is 0 Å². The van der Waals surface area contributed by atoms with Crippen LogP contribution in [0.25, 0.3) is 21.9 Å². The van der Waals surface area contributed by atoms with Crippen LogP contribution in [0.2, 0.25) is 10.0 Å². The summed E-state index contributed by atoms with van der Waals surface area (Å²) >= 11 is 12.0. The molecule has 0 saturated carbocycles. The first-order valence-electron chi connectivity index (χ1n) is 5.79. The van der Waals surface area contributed by atoms with E-state index in [1.807, 2.05) is 30.3 Å². The first kappa shape index (κ1) is 12.5. The zero-order chi connectivity index (χ0) is 13.4. The Labute approximate surface area is 120 Å². The summed E-state index contributed by atoms with van der Waals surface area (Å²) in [6, 6.07) is 15.9. The van der Waals surface area contributed by atoms with Crippen LogP contribution in [0.5, 0.6) is 0 Å². The average molecular weight is 291 g/mol. The third-order valence-corrected chi connectivity index (χ3v) is 3.48. The molecule has 0 heterocycles. The summed E-state index contributed by atoms with van der Waals surface area (Å²) < 4.78 is 13.8. The lowest BCUT2D eigenvalue weighted by Crippen LogP contribution is -1.85. The van der Waals surface area contributed by atoms with Crippen LogP contribution in [0.15, 0.2) is 54.6 Å². The molecule has 0 nitrogen and oxygen atoms in total. The van der Waals surface area contributed by atoms with Crippen LogP contribution in [0.1, 0.15) is 0 Å². The second-order valence-corrected chi connectivity index (χ2v) is 5.17. The lowest BCUT2D eigenvalue weighted by atomic mass is 9.98. The molecule has 3 aromatic carbocycles. The summed E-state index contributed by atoms with van der Waals surface area (Å²) in [6.07, 6.45) is 0. The molecule has 3 aromatic rings. The fourth-order valence-electron chi connectivity index (χ4n) is 2.22. The third-order valence-electron chi connectivity index (χ3n) is 3.04. The lowest BCUT2D eigenvalue weighted by molar-refractivity contribution is 0.640. The first-order chi connectivity index (χ1) is 9.15. The van der Waals surface area contributed by atoms with E-state index in [-0.39, 0.29) is 5.82 Å². The van der Waals surface area contributed by atoms with Gasteiger partial charge in [0.05, 0.1) is 0 Å². The molecule has 0 aliphatic carbocycles. The van der Waals surface area contributed by atoms with Crippen molar-refractivity contribution in [3.63, 3.8) is 0 Å². The van der Waals surface area contributed by atoms with Gasteiger partial charge in [-0.2, -0.15) is 0 Å². The third kappa shape index (κ3) is 2.32. The van der Waals surface area contributed by atoms with E-state index in [4.69, 9.17) is 23.2 Å². The van der Waals surface area contributed by atoms with Crippen LogP contribution in [0.3, 0.4) is 0 Å². The van der Waals surface area contributed by atoms with Crippen molar-refractivity contribution in [1.29, 1.82) is 0 Å². The number of hydrogen-bond acceptors (Lipinski definition) is 0. The largest absolute Gasteiger partial charge is 0.206 e. The van der Waals surface area contributed by atoms with Crippen molar-refractivity contribution in [3.05, 3.63) is 70.5 Å². The van der Waals surface area contributed by atoms with Gasteiger partial charge in [-0.1, -0.05) is 53.5 Å². The maximum atomic E-state index is 13.8. The van der Waals surface area contributed by atoms with Crippen molar-refractivity contribution in [2.24, 2.45) is 0 Å². The Morgan fingerprint density at radius 2 is 1.37 bits per heavy atom. The minimum Gasteiger partial charge on any atom is -0.206 e. The van der Waals surface area contributed by atoms with Crippen molar-refractivity contribution >= 4 is 34.0 Å². The van der Waals surface area contributed by atoms with Crippen molar-refractivity contribution in [3.8, 4) is 11.1 Å². The summed E-state index contributed by atoms with van der Waals surface area (Å²) in [5.74, 6) is -0.229. The van der Waals surface area contributed by atoms with Gasteiger partial charge in [0.25, 0.3) is 0 Å². The molecule has 3 heteroatoms. The first-order valence-corrected chi connectivity index (χ1v) is 6.54. The summed E-state index contributed by atoms with van der Waals surface area (Å²) in [4.78, 5) is 0. The Balaban J connectivity index is 2.34. The lowest BCUT2D eigenvalue weighted by Gasteiger charge is -2.08. The van der Waals surface area contributed by atoms with E-state index in [1.165, 1.54) is 6.07 Å². The number of benzene rings is 3. The van der Waals surface area contributed by atoms with Crippen LogP contribution >= 0.6 is 23.2 Å². The molecule has 19 heavy (non-hydrogen) atoms. The molecule has 0 atom stereocenters. The molecule has 0 saturated heterocycles. The quantitative estimate of drug-likeness (QED) is 0.519. The molecule has 0 bridgehead atoms. The highest BCUT2D eigenvalue weighted by Crippen LogP contribution is 2.33. The van der Waals surface area contributed by atoms with Crippen molar-refractivity contribution < 1.29 is 4.39 Å². The van der Waals surface area contributed by atoms with Gasteiger partial charge < -0.3 is 0 Å². The number of hydrogen-bond donors (Lipinski definition) is 0. The molecule has 0 aliphatic rings. The SMILES string of the molecule is Fc1ccc(-c2cc(Cl)cc(Cl)c2)c2ccccc12. The summed E-state index contributed by atoms with van der Waals surface area (Å²) in [7, 11) is 0. The minimum absolute atomic E-state index is 0.229. The van der Waals surface area contributed by atoms with Crippen LogP contribution < -0.4 is 0 Å². The monoisotopic (exact) mass is 290 g/mol. The van der Waals surface area contributed by atoms with E-state index in [1.54, 1.807) is 18.2 Å². The molecular weight excluding hydrogens is 282 g/mol. The summed E-state index contributed by atoms with van der Waals surface area (Å²) in [5.41, 5.74) is 1.80. The van der Waals surface area contributed by atoms with Gasteiger partial charge in [0.2, 0.25) is 0 Å². The molecule has 0 N–H and O–H groups in total. The normalized spacial score (nSPS) is 10.9. The van der Waals surface area contributed by atoms with Crippen LogP contribution in [-0.4, -0.2) is 0 Å². The maximum Gasteiger partial charge on any atom is 0.131 e. The molecule has 0 spiro atoms. The van der Waals surface area contributed by atoms with Gasteiger partial charge in [0, 0.05) is 15.4 Å². The average Bonchev–Trinajstić information content (AvgIpc) is 2.38. The van der Waals surface area contributed by atoms with E-state index in [9.17, 15) is 4.39 Å². The van der Waals surface area contributed by atoms with Gasteiger partial charge in [-0.15, -0.1) is 0 Å². The Bertz CT molecular complexity index is 746. The van der Waals surface area contributed by atoms with Crippen molar-refractivity contribution in [2.75, 3.05) is 0 Å². The molecule has 0 radical (unpaired) electrons. The molecular formula is C16H9Cl2F. The molecule has 0 aromatic heterocycles. The molecule has 0 aliphatic heterocycles. The van der Waals surface area contributed by atoms with Crippen molar-refractivity contribution in [1.82, 2.24) is 0 Å². The van der Waals surface area contributed by atoms with E-state index < -0.39 is 0 Å². The Kier molecular flexibility index (Phi) is 3.17. The minimum atomic E-state index is -0.229. The van der Waals surface area contributed by atoms with E-state index in [2.05, 4.69) is 0 Å². The fourth-order valence-corrected chi connectivity index (χ4v) is 2.75. The number of rotatable bonds is 1. The van der Waals surface area contributed by atoms with Crippen LogP contribution in [0, 0.1) is 5.82 Å². The highest BCUT2D eigenvalue weighted by Gasteiger charge is 2.08. The molecule has 0 amide bonds. The van der Waals surface area contributed by atoms with Gasteiger partial charge in [-0.3, -0.25) is 0 Å². The molecule has 0 fully saturated rings. The van der Waals surface area contributed by atoms with E-state index in [0.717, 1.165) is 16.5 Å². The Morgan fingerprint density at radius 3 is 2.05 bits per heavy atom. The van der Waals surface area contributed by atoms with Crippen LogP contribution in [0.4, 0.5) is 4.39 Å². The zero-order valence-corrected chi connectivity index (χ0v) is 11.3. The number of fused-ring (bicyclic) bond motifs is 1. The van der Waals surface area contributed by atoms with E-state index >= 15 is 0 Å². The fraction of sp³-hybridized carbons (Fsp3) is 0. The zero-order valence-electron chi connectivity index (χ0n) is 9.83. The molecule has 94 valence electrons. The van der Waals surface area contributed by atoms with Gasteiger partial charge in [-0.25, -0.2) is 4.39 Å². The predicted octanol–water partition coefficient (Wildman–Crippen LogP) is 5.95. The highest BCUT2D eigenvalue weighted by atomic mass is 35.5. The Hall–Kier alpha value is -1.57. The molecule has 3 rings (SSSR count). The van der Waals surface area contributed by atoms with Gasteiger partial charge in [0.1, 0.15) is 5.82 Å². The van der Waals surface area contributed by atoms with Gasteiger partial charge in [-0.05, 0) is 40.8 Å². The smallest absolute Gasteiger partial charge is 0.131 e. The number of halogens is 3. The van der Waals surface area contributed by atoms with Gasteiger partial charge >= 0.3 is 0 Å².